The minimum absolute atomic E-state index is 0.245. The van der Waals surface area contributed by atoms with Crippen molar-refractivity contribution in [1.29, 1.82) is 0 Å². The van der Waals surface area contributed by atoms with E-state index in [4.69, 9.17) is 25.8 Å². The summed E-state index contributed by atoms with van der Waals surface area (Å²) in [6, 6.07) is -0.722. The van der Waals surface area contributed by atoms with Crippen LogP contribution in [0.25, 0.3) is 0 Å². The lowest BCUT2D eigenvalue weighted by Crippen LogP contribution is -2.34. The summed E-state index contributed by atoms with van der Waals surface area (Å²) in [6.07, 6.45) is 1.97. The number of rotatable bonds is 10. The first-order valence-electron chi connectivity index (χ1n) is 6.27. The number of hydrogen-bond donors (Lipinski definition) is 5. The molecule has 0 aliphatic carbocycles. The summed E-state index contributed by atoms with van der Waals surface area (Å²) < 4.78 is 4.74. The highest BCUT2D eigenvalue weighted by Crippen LogP contribution is 2.01. The minimum atomic E-state index is -1.06. The molecule has 7 heteroatoms. The van der Waals surface area contributed by atoms with Gasteiger partial charge in [0.2, 0.25) is 0 Å². The Kier molecular flexibility index (Phi) is 9.87. The van der Waals surface area contributed by atoms with Crippen molar-refractivity contribution in [3.63, 3.8) is 0 Å². The molecule has 7 nitrogen and oxygen atoms in total. The molecule has 0 radical (unpaired) electrons. The largest absolute Gasteiger partial charge is 0.514 e. The SMILES string of the molecule is C/C(=C/O)NCCCC[C@H](N)C(=O)OCC(O)CO. The van der Waals surface area contributed by atoms with E-state index in [2.05, 4.69) is 5.32 Å². The maximum atomic E-state index is 11.4. The number of nitrogens with two attached hydrogens (primary N) is 1. The number of esters is 1. The van der Waals surface area contributed by atoms with Crippen LogP contribution in [0.2, 0.25) is 0 Å². The smallest absolute Gasteiger partial charge is 0.322 e. The van der Waals surface area contributed by atoms with E-state index >= 15 is 0 Å². The van der Waals surface area contributed by atoms with E-state index in [9.17, 15) is 4.79 Å². The number of unbranched alkanes of at least 4 members (excludes halogenated alkanes) is 1. The van der Waals surface area contributed by atoms with Crippen LogP contribution in [-0.4, -0.2) is 53.2 Å². The molecule has 0 amide bonds. The summed E-state index contributed by atoms with van der Waals surface area (Å²) in [5.74, 6) is -0.577. The molecule has 0 bridgehead atoms. The molecule has 19 heavy (non-hydrogen) atoms. The number of aliphatic hydroxyl groups excluding tert-OH is 3. The molecular formula is C12H24N2O5. The number of nitrogens with one attached hydrogen (secondary N) is 1. The lowest BCUT2D eigenvalue weighted by Gasteiger charge is -2.13. The average molecular weight is 276 g/mol. The number of carbonyl (C=O) groups excluding carboxylic acids is 1. The van der Waals surface area contributed by atoms with Gasteiger partial charge in [-0.2, -0.15) is 0 Å². The Morgan fingerprint density at radius 2 is 2.16 bits per heavy atom. The molecular weight excluding hydrogens is 252 g/mol. The first-order chi connectivity index (χ1) is 9.01. The summed E-state index contributed by atoms with van der Waals surface area (Å²) in [7, 11) is 0. The minimum Gasteiger partial charge on any atom is -0.514 e. The second-order valence-corrected chi connectivity index (χ2v) is 4.31. The Balaban J connectivity index is 3.62. The van der Waals surface area contributed by atoms with Gasteiger partial charge in [-0.15, -0.1) is 0 Å². The number of hydrogen-bond acceptors (Lipinski definition) is 7. The summed E-state index contributed by atoms with van der Waals surface area (Å²) >= 11 is 0. The maximum absolute atomic E-state index is 11.4. The highest BCUT2D eigenvalue weighted by atomic mass is 16.5. The van der Waals surface area contributed by atoms with Crippen LogP contribution in [0.15, 0.2) is 12.0 Å². The number of aliphatic hydroxyl groups is 3. The van der Waals surface area contributed by atoms with Crippen LogP contribution in [0, 0.1) is 0 Å². The summed E-state index contributed by atoms with van der Waals surface area (Å²) in [6.45, 7) is 1.74. The highest BCUT2D eigenvalue weighted by molar-refractivity contribution is 5.75. The van der Waals surface area contributed by atoms with Crippen molar-refractivity contribution < 1.29 is 24.9 Å². The molecule has 0 aromatic carbocycles. The Morgan fingerprint density at radius 3 is 2.74 bits per heavy atom. The van der Waals surface area contributed by atoms with Crippen molar-refractivity contribution in [2.75, 3.05) is 19.8 Å². The van der Waals surface area contributed by atoms with Gasteiger partial charge < -0.3 is 31.1 Å². The summed E-state index contributed by atoms with van der Waals surface area (Å²) in [5.41, 5.74) is 6.30. The molecule has 0 aromatic rings. The van der Waals surface area contributed by atoms with Gasteiger partial charge in [-0.1, -0.05) is 0 Å². The van der Waals surface area contributed by atoms with E-state index in [1.807, 2.05) is 0 Å². The van der Waals surface area contributed by atoms with E-state index < -0.39 is 24.7 Å². The third-order valence-corrected chi connectivity index (χ3v) is 2.47. The zero-order chi connectivity index (χ0) is 14.7. The van der Waals surface area contributed by atoms with Crippen LogP contribution in [0.3, 0.4) is 0 Å². The lowest BCUT2D eigenvalue weighted by molar-refractivity contribution is -0.149. The zero-order valence-corrected chi connectivity index (χ0v) is 11.2. The van der Waals surface area contributed by atoms with Crippen LogP contribution < -0.4 is 11.1 Å². The molecule has 0 spiro atoms. The Labute approximate surface area is 113 Å². The molecule has 0 fully saturated rings. The summed E-state index contributed by atoms with van der Waals surface area (Å²) in [5, 5.41) is 29.2. The molecule has 0 saturated heterocycles. The van der Waals surface area contributed by atoms with Crippen LogP contribution in [0.5, 0.6) is 0 Å². The molecule has 6 N–H and O–H groups in total. The van der Waals surface area contributed by atoms with Crippen molar-refractivity contribution >= 4 is 5.97 Å². The number of carbonyl (C=O) groups is 1. The van der Waals surface area contributed by atoms with Crippen molar-refractivity contribution in [3.05, 3.63) is 12.0 Å². The van der Waals surface area contributed by atoms with Crippen molar-refractivity contribution in [2.24, 2.45) is 5.73 Å². The Bertz CT molecular complexity index is 283. The van der Waals surface area contributed by atoms with E-state index in [-0.39, 0.29) is 6.61 Å². The van der Waals surface area contributed by atoms with Crippen molar-refractivity contribution in [2.45, 2.75) is 38.3 Å². The van der Waals surface area contributed by atoms with E-state index in [1.165, 1.54) is 0 Å². The molecule has 0 aliphatic rings. The van der Waals surface area contributed by atoms with Crippen molar-refractivity contribution in [1.82, 2.24) is 5.32 Å². The van der Waals surface area contributed by atoms with E-state index in [1.54, 1.807) is 6.92 Å². The van der Waals surface area contributed by atoms with Gasteiger partial charge in [0.05, 0.1) is 12.9 Å². The maximum Gasteiger partial charge on any atom is 0.322 e. The van der Waals surface area contributed by atoms with Gasteiger partial charge >= 0.3 is 5.97 Å². The zero-order valence-electron chi connectivity index (χ0n) is 11.2. The molecule has 0 rings (SSSR count). The van der Waals surface area contributed by atoms with Gasteiger partial charge in [0.15, 0.2) is 0 Å². The first-order valence-corrected chi connectivity index (χ1v) is 6.27. The van der Waals surface area contributed by atoms with Crippen LogP contribution in [0.1, 0.15) is 26.2 Å². The quantitative estimate of drug-likeness (QED) is 0.205. The molecule has 112 valence electrons. The van der Waals surface area contributed by atoms with Gasteiger partial charge in [0.1, 0.15) is 18.8 Å². The van der Waals surface area contributed by atoms with Crippen LogP contribution in [0.4, 0.5) is 0 Å². The van der Waals surface area contributed by atoms with Gasteiger partial charge in [-0.05, 0) is 26.2 Å². The third-order valence-electron chi connectivity index (χ3n) is 2.47. The lowest BCUT2D eigenvalue weighted by atomic mass is 10.1. The monoisotopic (exact) mass is 276 g/mol. The molecule has 0 saturated carbocycles. The van der Waals surface area contributed by atoms with Crippen molar-refractivity contribution in [3.8, 4) is 0 Å². The molecule has 0 heterocycles. The fraction of sp³-hybridized carbons (Fsp3) is 0.750. The van der Waals surface area contributed by atoms with Gasteiger partial charge in [0, 0.05) is 12.2 Å². The molecule has 1 unspecified atom stereocenters. The number of allylic oxidation sites excluding steroid dienone is 1. The number of ether oxygens (including phenoxy) is 1. The summed E-state index contributed by atoms with van der Waals surface area (Å²) in [4.78, 5) is 11.4. The Morgan fingerprint density at radius 1 is 1.47 bits per heavy atom. The van der Waals surface area contributed by atoms with E-state index in [0.29, 0.717) is 18.7 Å². The average Bonchev–Trinajstić information content (AvgIpc) is 2.43. The van der Waals surface area contributed by atoms with Gasteiger partial charge in [-0.25, -0.2) is 0 Å². The van der Waals surface area contributed by atoms with Crippen LogP contribution >= 0.6 is 0 Å². The molecule has 2 atom stereocenters. The normalized spacial score (nSPS) is 14.8. The second-order valence-electron chi connectivity index (χ2n) is 4.31. The predicted octanol–water partition coefficient (Wildman–Crippen LogP) is -0.611. The second kappa shape index (κ2) is 10.6. The van der Waals surface area contributed by atoms with E-state index in [0.717, 1.165) is 19.1 Å². The Hall–Kier alpha value is -1.31. The van der Waals surface area contributed by atoms with Gasteiger partial charge in [-0.3, -0.25) is 4.79 Å². The first kappa shape index (κ1) is 17.7. The van der Waals surface area contributed by atoms with Crippen LogP contribution in [-0.2, 0) is 9.53 Å². The molecule has 0 aromatic heterocycles. The highest BCUT2D eigenvalue weighted by Gasteiger charge is 2.15. The fourth-order valence-corrected chi connectivity index (χ4v) is 1.28. The fourth-order valence-electron chi connectivity index (χ4n) is 1.28. The predicted molar refractivity (Wildman–Crippen MR) is 70.3 cm³/mol. The van der Waals surface area contributed by atoms with Gasteiger partial charge in [0.25, 0.3) is 0 Å². The molecule has 0 aliphatic heterocycles. The third kappa shape index (κ3) is 9.29. The topological polar surface area (TPSA) is 125 Å². The standard InChI is InChI=1S/C12H24N2O5/c1-9(6-15)14-5-3-2-4-11(13)12(18)19-8-10(17)7-16/h6,10-11,14-17H,2-5,7-8,13H2,1H3/b9-6-/t10?,11-/m0/s1.